The summed E-state index contributed by atoms with van der Waals surface area (Å²) in [6.45, 7) is 7.75. The zero-order chi connectivity index (χ0) is 11.7. The Bertz CT molecular complexity index is 171. The molecule has 0 aromatic carbocycles. The van der Waals surface area contributed by atoms with E-state index >= 15 is 0 Å². The number of likely N-dealkylation sites (N-methyl/N-ethyl adjacent to an activating group) is 1. The molecule has 1 atom stereocenters. The first-order chi connectivity index (χ1) is 7.10. The predicted molar refractivity (Wildman–Crippen MR) is 64.9 cm³/mol. The van der Waals surface area contributed by atoms with E-state index in [9.17, 15) is 4.79 Å². The first kappa shape index (κ1) is 14.4. The van der Waals surface area contributed by atoms with E-state index in [0.29, 0.717) is 12.6 Å². The highest BCUT2D eigenvalue weighted by molar-refractivity contribution is 5.78. The second-order valence-corrected chi connectivity index (χ2v) is 4.29. The lowest BCUT2D eigenvalue weighted by molar-refractivity contribution is -0.122. The van der Waals surface area contributed by atoms with Crippen molar-refractivity contribution in [2.45, 2.75) is 52.5 Å². The van der Waals surface area contributed by atoms with Crippen molar-refractivity contribution in [1.82, 2.24) is 10.2 Å². The fraction of sp³-hybridized carbons (Fsp3) is 0.917. The Morgan fingerprint density at radius 3 is 2.53 bits per heavy atom. The Morgan fingerprint density at radius 1 is 1.33 bits per heavy atom. The van der Waals surface area contributed by atoms with Crippen molar-refractivity contribution in [3.63, 3.8) is 0 Å². The molecular formula is C12H26N2O. The van der Waals surface area contributed by atoms with Crippen LogP contribution in [0.5, 0.6) is 0 Å². The van der Waals surface area contributed by atoms with Crippen LogP contribution in [0.4, 0.5) is 0 Å². The molecule has 0 fully saturated rings. The maximum absolute atomic E-state index is 11.5. The third-order valence-electron chi connectivity index (χ3n) is 2.60. The lowest BCUT2D eigenvalue weighted by atomic mass is 10.1. The van der Waals surface area contributed by atoms with Crippen molar-refractivity contribution < 1.29 is 4.79 Å². The third kappa shape index (κ3) is 8.43. The Labute approximate surface area is 94.2 Å². The van der Waals surface area contributed by atoms with Gasteiger partial charge in [0.15, 0.2) is 0 Å². The fourth-order valence-corrected chi connectivity index (χ4v) is 1.45. The second kappa shape index (κ2) is 8.72. The minimum absolute atomic E-state index is 0.142. The van der Waals surface area contributed by atoms with Gasteiger partial charge in [0.2, 0.25) is 5.91 Å². The van der Waals surface area contributed by atoms with Crippen molar-refractivity contribution >= 4 is 5.91 Å². The van der Waals surface area contributed by atoms with Gasteiger partial charge in [-0.15, -0.1) is 0 Å². The Kier molecular flexibility index (Phi) is 8.38. The quantitative estimate of drug-likeness (QED) is 0.627. The molecule has 0 radical (unpaired) electrons. The second-order valence-electron chi connectivity index (χ2n) is 4.29. The van der Waals surface area contributed by atoms with Gasteiger partial charge in [-0.25, -0.2) is 0 Å². The number of nitrogens with zero attached hydrogens (tertiary/aromatic N) is 1. The molecule has 3 heteroatoms. The molecule has 1 amide bonds. The summed E-state index contributed by atoms with van der Waals surface area (Å²) < 4.78 is 0. The smallest absolute Gasteiger partial charge is 0.234 e. The standard InChI is InChI=1S/C12H26N2O/c1-5-7-8-9-11(3)13-12(15)10-14(4)6-2/h11H,5-10H2,1-4H3,(H,13,15)/t11-/m0/s1. The third-order valence-corrected chi connectivity index (χ3v) is 2.60. The first-order valence-corrected chi connectivity index (χ1v) is 6.08. The summed E-state index contributed by atoms with van der Waals surface area (Å²) in [6.07, 6.45) is 4.80. The molecule has 0 saturated carbocycles. The van der Waals surface area contributed by atoms with Gasteiger partial charge < -0.3 is 5.32 Å². The van der Waals surface area contributed by atoms with Crippen LogP contribution in [0.1, 0.15) is 46.5 Å². The molecule has 0 bridgehead atoms. The molecule has 0 rings (SSSR count). The van der Waals surface area contributed by atoms with Crippen molar-refractivity contribution in [2.24, 2.45) is 0 Å². The molecule has 0 spiro atoms. The van der Waals surface area contributed by atoms with E-state index in [-0.39, 0.29) is 5.91 Å². The van der Waals surface area contributed by atoms with Gasteiger partial charge in [-0.05, 0) is 26.9 Å². The number of hydrogen-bond donors (Lipinski definition) is 1. The van der Waals surface area contributed by atoms with Crippen molar-refractivity contribution in [3.8, 4) is 0 Å². The van der Waals surface area contributed by atoms with Crippen molar-refractivity contribution in [3.05, 3.63) is 0 Å². The van der Waals surface area contributed by atoms with Crippen LogP contribution < -0.4 is 5.32 Å². The van der Waals surface area contributed by atoms with E-state index < -0.39 is 0 Å². The minimum atomic E-state index is 0.142. The molecule has 0 aliphatic heterocycles. The largest absolute Gasteiger partial charge is 0.353 e. The summed E-state index contributed by atoms with van der Waals surface area (Å²) in [4.78, 5) is 13.5. The van der Waals surface area contributed by atoms with E-state index in [2.05, 4.69) is 26.1 Å². The average molecular weight is 214 g/mol. The van der Waals surface area contributed by atoms with E-state index in [1.165, 1.54) is 19.3 Å². The van der Waals surface area contributed by atoms with Gasteiger partial charge in [0.25, 0.3) is 0 Å². The van der Waals surface area contributed by atoms with Crippen molar-refractivity contribution in [2.75, 3.05) is 20.1 Å². The lowest BCUT2D eigenvalue weighted by Gasteiger charge is -2.17. The predicted octanol–water partition coefficient (Wildman–Crippen LogP) is 2.02. The summed E-state index contributed by atoms with van der Waals surface area (Å²) in [6, 6.07) is 0.314. The highest BCUT2D eigenvalue weighted by Crippen LogP contribution is 2.02. The van der Waals surface area contributed by atoms with Gasteiger partial charge in [-0.3, -0.25) is 9.69 Å². The van der Waals surface area contributed by atoms with Gasteiger partial charge >= 0.3 is 0 Å². The number of hydrogen-bond acceptors (Lipinski definition) is 2. The van der Waals surface area contributed by atoms with Gasteiger partial charge in [0.05, 0.1) is 6.54 Å². The molecule has 0 aliphatic carbocycles. The maximum atomic E-state index is 11.5. The highest BCUT2D eigenvalue weighted by Gasteiger charge is 2.08. The van der Waals surface area contributed by atoms with Gasteiger partial charge in [0.1, 0.15) is 0 Å². The number of amides is 1. The number of nitrogens with one attached hydrogen (secondary N) is 1. The normalized spacial score (nSPS) is 12.9. The monoisotopic (exact) mass is 214 g/mol. The molecule has 0 aromatic rings. The van der Waals surface area contributed by atoms with Crippen LogP contribution in [-0.4, -0.2) is 37.0 Å². The molecule has 90 valence electrons. The zero-order valence-electron chi connectivity index (χ0n) is 10.7. The van der Waals surface area contributed by atoms with Crippen molar-refractivity contribution in [1.29, 1.82) is 0 Å². The van der Waals surface area contributed by atoms with Crippen LogP contribution in [-0.2, 0) is 4.79 Å². The maximum Gasteiger partial charge on any atom is 0.234 e. The van der Waals surface area contributed by atoms with Crippen LogP contribution in [0.2, 0.25) is 0 Å². The summed E-state index contributed by atoms with van der Waals surface area (Å²) >= 11 is 0. The van der Waals surface area contributed by atoms with Crippen LogP contribution in [0, 0.1) is 0 Å². The molecule has 0 aliphatic rings. The Balaban J connectivity index is 3.57. The van der Waals surface area contributed by atoms with E-state index in [4.69, 9.17) is 0 Å². The van der Waals surface area contributed by atoms with Crippen LogP contribution in [0.25, 0.3) is 0 Å². The summed E-state index contributed by atoms with van der Waals surface area (Å²) in [5, 5.41) is 3.02. The first-order valence-electron chi connectivity index (χ1n) is 6.08. The Hall–Kier alpha value is -0.570. The van der Waals surface area contributed by atoms with Gasteiger partial charge in [-0.1, -0.05) is 33.1 Å². The zero-order valence-corrected chi connectivity index (χ0v) is 10.7. The summed E-state index contributed by atoms with van der Waals surface area (Å²) in [7, 11) is 1.96. The molecule has 15 heavy (non-hydrogen) atoms. The number of carbonyl (C=O) groups excluding carboxylic acids is 1. The molecule has 0 unspecified atom stereocenters. The fourth-order valence-electron chi connectivity index (χ4n) is 1.45. The molecule has 0 saturated heterocycles. The number of unbranched alkanes of at least 4 members (excludes halogenated alkanes) is 2. The molecule has 1 N–H and O–H groups in total. The summed E-state index contributed by atoms with van der Waals surface area (Å²) in [5.74, 6) is 0.142. The van der Waals surface area contributed by atoms with E-state index in [1.807, 2.05) is 11.9 Å². The average Bonchev–Trinajstić information content (AvgIpc) is 2.17. The minimum Gasteiger partial charge on any atom is -0.353 e. The highest BCUT2D eigenvalue weighted by atomic mass is 16.2. The lowest BCUT2D eigenvalue weighted by Crippen LogP contribution is -2.39. The van der Waals surface area contributed by atoms with E-state index in [0.717, 1.165) is 13.0 Å². The molecule has 0 heterocycles. The number of carbonyl (C=O) groups is 1. The molecule has 3 nitrogen and oxygen atoms in total. The van der Waals surface area contributed by atoms with E-state index in [1.54, 1.807) is 0 Å². The topological polar surface area (TPSA) is 32.3 Å². The van der Waals surface area contributed by atoms with Gasteiger partial charge in [-0.2, -0.15) is 0 Å². The Morgan fingerprint density at radius 2 is 2.00 bits per heavy atom. The molecular weight excluding hydrogens is 188 g/mol. The van der Waals surface area contributed by atoms with Gasteiger partial charge in [0, 0.05) is 6.04 Å². The van der Waals surface area contributed by atoms with Crippen LogP contribution in [0.15, 0.2) is 0 Å². The molecule has 0 aromatic heterocycles. The summed E-state index contributed by atoms with van der Waals surface area (Å²) in [5.41, 5.74) is 0. The SMILES string of the molecule is CCCCC[C@H](C)NC(=O)CN(C)CC. The number of rotatable bonds is 8. The van der Waals surface area contributed by atoms with Crippen LogP contribution in [0.3, 0.4) is 0 Å². The van der Waals surface area contributed by atoms with Crippen LogP contribution >= 0.6 is 0 Å².